The van der Waals surface area contributed by atoms with Crippen molar-refractivity contribution in [3.63, 3.8) is 0 Å². The Labute approximate surface area is 118 Å². The number of amides is 1. The number of rotatable bonds is 14. The molecule has 0 bridgehead atoms. The summed E-state index contributed by atoms with van der Waals surface area (Å²) in [4.78, 5) is 10.3. The fourth-order valence-electron chi connectivity index (χ4n) is 2.09. The lowest BCUT2D eigenvalue weighted by Gasteiger charge is -2.05. The molecule has 0 aliphatic heterocycles. The molecule has 4 nitrogen and oxygen atoms in total. The quantitative estimate of drug-likeness (QED) is 0.475. The summed E-state index contributed by atoms with van der Waals surface area (Å²) in [5.41, 5.74) is 4.85. The van der Waals surface area contributed by atoms with E-state index in [2.05, 4.69) is 17.0 Å². The van der Waals surface area contributed by atoms with Crippen LogP contribution in [-0.2, 0) is 4.74 Å². The molecule has 1 amide bonds. The second kappa shape index (κ2) is 15.3. The minimum absolute atomic E-state index is 0.368. The van der Waals surface area contributed by atoms with Gasteiger partial charge in [0.15, 0.2) is 0 Å². The Morgan fingerprint density at radius 3 is 1.95 bits per heavy atom. The predicted molar refractivity (Wildman–Crippen MR) is 80.2 cm³/mol. The van der Waals surface area contributed by atoms with E-state index in [1.807, 2.05) is 0 Å². The van der Waals surface area contributed by atoms with Gasteiger partial charge >= 0.3 is 6.09 Å². The highest BCUT2D eigenvalue weighted by atomic mass is 16.5. The average molecular weight is 272 g/mol. The largest absolute Gasteiger partial charge is 0.448 e. The first-order chi connectivity index (χ1) is 9.27. The Morgan fingerprint density at radius 1 is 0.895 bits per heavy atom. The topological polar surface area (TPSA) is 64.3 Å². The van der Waals surface area contributed by atoms with Crippen LogP contribution in [0.1, 0.15) is 71.1 Å². The molecule has 0 spiro atoms. The van der Waals surface area contributed by atoms with Crippen LogP contribution in [0.2, 0.25) is 0 Å². The molecule has 0 aromatic heterocycles. The van der Waals surface area contributed by atoms with Gasteiger partial charge in [-0.2, -0.15) is 0 Å². The number of ether oxygens (including phenoxy) is 1. The zero-order valence-electron chi connectivity index (χ0n) is 12.6. The normalized spacial score (nSPS) is 10.6. The summed E-state index contributed by atoms with van der Waals surface area (Å²) >= 11 is 0. The maximum Gasteiger partial charge on any atom is 0.404 e. The van der Waals surface area contributed by atoms with Gasteiger partial charge < -0.3 is 15.8 Å². The number of hydrogen-bond acceptors (Lipinski definition) is 3. The van der Waals surface area contributed by atoms with Gasteiger partial charge in [0.25, 0.3) is 0 Å². The fraction of sp³-hybridized carbons (Fsp3) is 0.933. The minimum Gasteiger partial charge on any atom is -0.448 e. The summed E-state index contributed by atoms with van der Waals surface area (Å²) in [5, 5.41) is 3.23. The average Bonchev–Trinajstić information content (AvgIpc) is 2.39. The van der Waals surface area contributed by atoms with Crippen molar-refractivity contribution in [1.82, 2.24) is 5.32 Å². The third-order valence-electron chi connectivity index (χ3n) is 3.23. The zero-order chi connectivity index (χ0) is 14.2. The lowest BCUT2D eigenvalue weighted by atomic mass is 10.1. The van der Waals surface area contributed by atoms with E-state index >= 15 is 0 Å². The van der Waals surface area contributed by atoms with Crippen LogP contribution in [-0.4, -0.2) is 25.8 Å². The Hall–Kier alpha value is -0.770. The van der Waals surface area contributed by atoms with Gasteiger partial charge in [-0.25, -0.2) is 4.79 Å². The molecule has 0 atom stereocenters. The van der Waals surface area contributed by atoms with Gasteiger partial charge in [0, 0.05) is 6.54 Å². The Balaban J connectivity index is 2.93. The monoisotopic (exact) mass is 272 g/mol. The molecule has 0 fully saturated rings. The number of hydrogen-bond donors (Lipinski definition) is 2. The van der Waals surface area contributed by atoms with Gasteiger partial charge in [-0.05, 0) is 13.0 Å². The van der Waals surface area contributed by atoms with Crippen LogP contribution in [0.25, 0.3) is 0 Å². The van der Waals surface area contributed by atoms with Gasteiger partial charge in [-0.3, -0.25) is 0 Å². The summed E-state index contributed by atoms with van der Waals surface area (Å²) in [6.45, 7) is 4.32. The van der Waals surface area contributed by atoms with Crippen LogP contribution in [0.5, 0.6) is 0 Å². The maximum atomic E-state index is 10.3. The third kappa shape index (κ3) is 17.2. The third-order valence-corrected chi connectivity index (χ3v) is 3.23. The molecule has 0 aromatic rings. The number of carbonyl (C=O) groups excluding carboxylic acids is 1. The summed E-state index contributed by atoms with van der Waals surface area (Å²) in [7, 11) is 0. The van der Waals surface area contributed by atoms with Crippen molar-refractivity contribution in [2.75, 3.05) is 19.7 Å². The van der Waals surface area contributed by atoms with Crippen molar-refractivity contribution in [2.24, 2.45) is 5.73 Å². The smallest absolute Gasteiger partial charge is 0.404 e. The number of nitrogens with two attached hydrogens (primary N) is 1. The Morgan fingerprint density at radius 2 is 1.42 bits per heavy atom. The lowest BCUT2D eigenvalue weighted by Crippen LogP contribution is -2.24. The van der Waals surface area contributed by atoms with E-state index in [4.69, 9.17) is 5.73 Å². The Kier molecular flexibility index (Phi) is 14.7. The minimum atomic E-state index is -0.694. The molecule has 0 saturated carbocycles. The number of unbranched alkanes of at least 4 members (excludes halogenated alkanes) is 9. The standard InChI is InChI=1S/C15H32N2O2/c1-2-3-4-5-6-7-8-9-10-11-12-17-13-14-19-15(16)18/h17H,2-14H2,1H3,(H2,16,18). The van der Waals surface area contributed by atoms with Crippen molar-refractivity contribution >= 4 is 6.09 Å². The van der Waals surface area contributed by atoms with E-state index < -0.39 is 6.09 Å². The van der Waals surface area contributed by atoms with Crippen molar-refractivity contribution in [2.45, 2.75) is 71.1 Å². The van der Waals surface area contributed by atoms with Gasteiger partial charge in [0.05, 0.1) is 0 Å². The molecular formula is C15H32N2O2. The highest BCUT2D eigenvalue weighted by Crippen LogP contribution is 2.10. The highest BCUT2D eigenvalue weighted by Gasteiger charge is 1.94. The molecule has 0 unspecified atom stereocenters. The Bertz CT molecular complexity index is 199. The summed E-state index contributed by atoms with van der Waals surface area (Å²) in [6.07, 6.45) is 12.9. The first kappa shape index (κ1) is 18.2. The van der Waals surface area contributed by atoms with Crippen molar-refractivity contribution in [3.05, 3.63) is 0 Å². The van der Waals surface area contributed by atoms with E-state index in [1.165, 1.54) is 64.2 Å². The summed E-state index contributed by atoms with van der Waals surface area (Å²) in [5.74, 6) is 0. The first-order valence-electron chi connectivity index (χ1n) is 7.90. The SMILES string of the molecule is CCCCCCCCCCCCNCCOC(N)=O. The molecule has 114 valence electrons. The molecule has 19 heavy (non-hydrogen) atoms. The van der Waals surface area contributed by atoms with E-state index in [9.17, 15) is 4.79 Å². The van der Waals surface area contributed by atoms with Gasteiger partial charge in [-0.15, -0.1) is 0 Å². The van der Waals surface area contributed by atoms with Crippen LogP contribution in [0, 0.1) is 0 Å². The second-order valence-corrected chi connectivity index (χ2v) is 5.10. The molecule has 0 aliphatic carbocycles. The summed E-state index contributed by atoms with van der Waals surface area (Å²) < 4.78 is 4.62. The fourth-order valence-corrected chi connectivity index (χ4v) is 2.09. The molecule has 0 aromatic carbocycles. The van der Waals surface area contributed by atoms with E-state index in [0.29, 0.717) is 13.2 Å². The zero-order valence-corrected chi connectivity index (χ0v) is 12.6. The van der Waals surface area contributed by atoms with Crippen LogP contribution in [0.4, 0.5) is 4.79 Å². The maximum absolute atomic E-state index is 10.3. The van der Waals surface area contributed by atoms with Gasteiger partial charge in [0.2, 0.25) is 0 Å². The van der Waals surface area contributed by atoms with Crippen LogP contribution in [0.3, 0.4) is 0 Å². The second-order valence-electron chi connectivity index (χ2n) is 5.10. The van der Waals surface area contributed by atoms with Crippen LogP contribution >= 0.6 is 0 Å². The molecule has 0 aliphatic rings. The first-order valence-corrected chi connectivity index (χ1v) is 7.90. The summed E-state index contributed by atoms with van der Waals surface area (Å²) in [6, 6.07) is 0. The predicted octanol–water partition coefficient (Wildman–Crippen LogP) is 3.59. The van der Waals surface area contributed by atoms with Crippen LogP contribution in [0.15, 0.2) is 0 Å². The molecule has 3 N–H and O–H groups in total. The lowest BCUT2D eigenvalue weighted by molar-refractivity contribution is 0.157. The molecule has 4 heteroatoms. The number of primary amides is 1. The number of nitrogens with one attached hydrogen (secondary N) is 1. The van der Waals surface area contributed by atoms with Crippen molar-refractivity contribution < 1.29 is 9.53 Å². The molecule has 0 rings (SSSR count). The molecular weight excluding hydrogens is 240 g/mol. The van der Waals surface area contributed by atoms with E-state index in [-0.39, 0.29) is 0 Å². The highest BCUT2D eigenvalue weighted by molar-refractivity contribution is 5.64. The molecule has 0 heterocycles. The van der Waals surface area contributed by atoms with Gasteiger partial charge in [0.1, 0.15) is 6.61 Å². The van der Waals surface area contributed by atoms with Crippen molar-refractivity contribution in [1.29, 1.82) is 0 Å². The van der Waals surface area contributed by atoms with E-state index in [1.54, 1.807) is 0 Å². The molecule has 0 radical (unpaired) electrons. The van der Waals surface area contributed by atoms with E-state index in [0.717, 1.165) is 6.54 Å². The van der Waals surface area contributed by atoms with Gasteiger partial charge in [-0.1, -0.05) is 64.7 Å². The van der Waals surface area contributed by atoms with Crippen molar-refractivity contribution in [3.8, 4) is 0 Å². The molecule has 0 saturated heterocycles. The number of carbonyl (C=O) groups is 1. The van der Waals surface area contributed by atoms with Crippen LogP contribution < -0.4 is 11.1 Å².